The Morgan fingerprint density at radius 2 is 0.795 bits per heavy atom. The third kappa shape index (κ3) is 3.26. The summed E-state index contributed by atoms with van der Waals surface area (Å²) in [5.74, 6) is -1.08. The number of fused-ring (bicyclic) bond motifs is 5. The molecule has 0 atom stereocenters. The normalized spacial score (nSPS) is 11.6. The first-order valence-electron chi connectivity index (χ1n) is 13.1. The number of rotatable bonds is 2. The van der Waals surface area contributed by atoms with Crippen LogP contribution in [-0.2, 0) is 0 Å². The molecule has 0 aliphatic rings. The van der Waals surface area contributed by atoms with Crippen LogP contribution >= 0.6 is 0 Å². The number of hydrogen-bond acceptors (Lipinski definition) is 3. The number of phenols is 3. The molecule has 7 rings (SSSR count). The van der Waals surface area contributed by atoms with Crippen molar-refractivity contribution in [2.45, 2.75) is 0 Å². The van der Waals surface area contributed by atoms with Crippen LogP contribution in [0.1, 0.15) is 0 Å². The molecule has 0 heterocycles. The average molecular weight is 502 g/mol. The zero-order valence-corrected chi connectivity index (χ0v) is 21.7. The van der Waals surface area contributed by atoms with Crippen LogP contribution in [0.25, 0.3) is 65.3 Å². The Balaban J connectivity index is 1.72. The van der Waals surface area contributed by atoms with Gasteiger partial charge in [-0.2, -0.15) is 0 Å². The average Bonchev–Trinajstić information content (AvgIpc) is 2.98. The summed E-state index contributed by atoms with van der Waals surface area (Å²) in [4.78, 5) is 0. The van der Waals surface area contributed by atoms with Gasteiger partial charge >= 0.3 is 0 Å². The van der Waals surface area contributed by atoms with Gasteiger partial charge in [0.1, 0.15) is 15.7 Å². The third-order valence-corrected chi connectivity index (χ3v) is 8.13. The Bertz CT molecular complexity index is 2050. The predicted octanol–water partition coefficient (Wildman–Crippen LogP) is 5.27. The van der Waals surface area contributed by atoms with E-state index in [1.165, 1.54) is 21.5 Å². The van der Waals surface area contributed by atoms with E-state index in [0.717, 1.165) is 43.8 Å². The number of aromatic hydroxyl groups is 3. The smallest absolute Gasteiger partial charge is 0.199 e. The van der Waals surface area contributed by atoms with Crippen molar-refractivity contribution < 1.29 is 15.3 Å². The van der Waals surface area contributed by atoms with Crippen LogP contribution < -0.4 is 10.9 Å². The van der Waals surface area contributed by atoms with Gasteiger partial charge in [0.25, 0.3) is 0 Å². The third-order valence-electron chi connectivity index (χ3n) is 8.13. The Hall–Kier alpha value is -4.89. The molecule has 5 heteroatoms. The maximum atomic E-state index is 10.7. The maximum absolute atomic E-state index is 10.7. The van der Waals surface area contributed by atoms with Gasteiger partial charge < -0.3 is 15.3 Å². The second-order valence-corrected chi connectivity index (χ2v) is 10.2. The van der Waals surface area contributed by atoms with Gasteiger partial charge in [0.2, 0.25) is 0 Å². The first-order chi connectivity index (χ1) is 19.0. The highest BCUT2D eigenvalue weighted by Gasteiger charge is 2.24. The molecule has 0 unspecified atom stereocenters. The molecule has 0 saturated heterocycles. The lowest BCUT2D eigenvalue weighted by atomic mass is 9.73. The topological polar surface area (TPSA) is 60.7 Å². The van der Waals surface area contributed by atoms with E-state index in [2.05, 4.69) is 91.0 Å². The lowest BCUT2D eigenvalue weighted by Crippen LogP contribution is -2.21. The molecule has 7 aromatic rings. The van der Waals surface area contributed by atoms with Gasteiger partial charge in [-0.3, -0.25) is 0 Å². The highest BCUT2D eigenvalue weighted by molar-refractivity contribution is 6.48. The van der Waals surface area contributed by atoms with Crippen molar-refractivity contribution >= 4 is 69.7 Å². The summed E-state index contributed by atoms with van der Waals surface area (Å²) in [6, 6.07) is 36.0. The first-order valence-corrected chi connectivity index (χ1v) is 13.1. The van der Waals surface area contributed by atoms with Crippen molar-refractivity contribution in [2.75, 3.05) is 0 Å². The van der Waals surface area contributed by atoms with Crippen LogP contribution in [0, 0.1) is 0 Å². The molecule has 39 heavy (non-hydrogen) atoms. The lowest BCUT2D eigenvalue weighted by Gasteiger charge is -2.22. The van der Waals surface area contributed by atoms with Gasteiger partial charge in [-0.25, -0.2) is 0 Å². The number of hydrogen-bond donors (Lipinski definition) is 3. The quantitative estimate of drug-likeness (QED) is 0.131. The Kier molecular flexibility index (Phi) is 5.11. The summed E-state index contributed by atoms with van der Waals surface area (Å²) in [6.07, 6.45) is 0. The van der Waals surface area contributed by atoms with Crippen LogP contribution in [0.15, 0.2) is 103 Å². The van der Waals surface area contributed by atoms with Gasteiger partial charge in [-0.15, -0.1) is 0 Å². The van der Waals surface area contributed by atoms with Crippen LogP contribution in [0.4, 0.5) is 0 Å². The zero-order valence-electron chi connectivity index (χ0n) is 21.7. The summed E-state index contributed by atoms with van der Waals surface area (Å²) in [7, 11) is 3.57. The highest BCUT2D eigenvalue weighted by atomic mass is 16.3. The second-order valence-electron chi connectivity index (χ2n) is 10.2. The molecule has 0 aliphatic carbocycles. The van der Waals surface area contributed by atoms with Crippen molar-refractivity contribution in [3.8, 4) is 39.5 Å². The molecular formula is C34H24B2O3. The van der Waals surface area contributed by atoms with Crippen LogP contribution in [0.3, 0.4) is 0 Å². The molecule has 7 aromatic carbocycles. The van der Waals surface area contributed by atoms with Crippen LogP contribution in [-0.4, -0.2) is 31.0 Å². The molecule has 3 nitrogen and oxygen atoms in total. The molecule has 184 valence electrons. The Morgan fingerprint density at radius 3 is 1.33 bits per heavy atom. The van der Waals surface area contributed by atoms with E-state index in [-0.39, 0.29) is 11.5 Å². The first kappa shape index (κ1) is 23.2. The van der Waals surface area contributed by atoms with E-state index in [4.69, 9.17) is 0 Å². The fourth-order valence-electron chi connectivity index (χ4n) is 6.31. The molecule has 3 N–H and O–H groups in total. The molecule has 0 aliphatic heterocycles. The van der Waals surface area contributed by atoms with Gasteiger partial charge in [0.15, 0.2) is 17.2 Å². The summed E-state index contributed by atoms with van der Waals surface area (Å²) >= 11 is 0. The second kappa shape index (κ2) is 8.57. The van der Waals surface area contributed by atoms with Crippen molar-refractivity contribution in [3.63, 3.8) is 0 Å². The molecule has 0 aromatic heterocycles. The summed E-state index contributed by atoms with van der Waals surface area (Å²) in [5.41, 5.74) is 5.02. The van der Waals surface area contributed by atoms with Gasteiger partial charge in [-0.05, 0) is 82.3 Å². The van der Waals surface area contributed by atoms with Crippen molar-refractivity contribution in [1.82, 2.24) is 0 Å². The molecular weight excluding hydrogens is 478 g/mol. The summed E-state index contributed by atoms with van der Waals surface area (Å²) in [6.45, 7) is 0. The van der Waals surface area contributed by atoms with Crippen LogP contribution in [0.2, 0.25) is 0 Å². The van der Waals surface area contributed by atoms with Gasteiger partial charge in [-0.1, -0.05) is 97.1 Å². The monoisotopic (exact) mass is 502 g/mol. The Morgan fingerprint density at radius 1 is 0.385 bits per heavy atom. The number of benzene rings is 7. The maximum Gasteiger partial charge on any atom is 0.199 e. The molecule has 0 spiro atoms. The highest BCUT2D eigenvalue weighted by Crippen LogP contribution is 2.47. The van der Waals surface area contributed by atoms with Crippen molar-refractivity contribution in [2.24, 2.45) is 0 Å². The molecule has 0 radical (unpaired) electrons. The zero-order chi connectivity index (χ0) is 26.8. The fraction of sp³-hybridized carbons (Fsp3) is 0. The fourth-order valence-corrected chi connectivity index (χ4v) is 6.31. The summed E-state index contributed by atoms with van der Waals surface area (Å²) < 4.78 is 0. The van der Waals surface area contributed by atoms with Gasteiger partial charge in [0.05, 0.1) is 0 Å². The van der Waals surface area contributed by atoms with Crippen LogP contribution in [0.5, 0.6) is 17.2 Å². The van der Waals surface area contributed by atoms with Crippen molar-refractivity contribution in [3.05, 3.63) is 103 Å². The SMILES string of the molecule is Bc1c(O)c(O)c(O)c(B)c1-c1c2ccccc2c(-c2cc3ccccc3c3ccccc23)c2ccccc12. The van der Waals surface area contributed by atoms with Gasteiger partial charge in [0, 0.05) is 0 Å². The molecule has 0 bridgehead atoms. The minimum atomic E-state index is -0.485. The minimum Gasteiger partial charge on any atom is -0.505 e. The van der Waals surface area contributed by atoms with E-state index in [0.29, 0.717) is 10.9 Å². The van der Waals surface area contributed by atoms with E-state index in [1.54, 1.807) is 15.7 Å². The Labute approximate surface area is 227 Å². The van der Waals surface area contributed by atoms with E-state index >= 15 is 0 Å². The molecule has 0 saturated carbocycles. The van der Waals surface area contributed by atoms with E-state index in [9.17, 15) is 15.3 Å². The van der Waals surface area contributed by atoms with Crippen molar-refractivity contribution in [1.29, 1.82) is 0 Å². The molecule has 0 fully saturated rings. The minimum absolute atomic E-state index is 0.300. The largest absolute Gasteiger partial charge is 0.505 e. The predicted molar refractivity (Wildman–Crippen MR) is 169 cm³/mol. The summed E-state index contributed by atoms with van der Waals surface area (Å²) in [5, 5.41) is 40.8. The van der Waals surface area contributed by atoms with E-state index < -0.39 is 5.75 Å². The van der Waals surface area contributed by atoms with E-state index in [1.807, 2.05) is 12.1 Å². The standard InChI is InChI=1S/C34H24B2O3/c35-30-29(31(36)33(38)34(39)32(30)37)28-24-15-7-5-13-22(24)27(23-14-6-8-16-25(23)28)26-17-18-9-1-2-10-19(18)20-11-3-4-12-21(20)26/h1-17,37-39H,35-36H2. The lowest BCUT2D eigenvalue weighted by molar-refractivity contribution is 0.372. The number of phenolic OH excluding ortho intramolecular Hbond substituents is 3. The molecule has 0 amide bonds.